The molecule has 0 saturated heterocycles. The standard InChI is InChI=1S/C10H12BrF2N/c1-2-7(12)6-14-8-3-4-9(11)10(13)5-8/h3-5,7,14H,2,6H2,1H3. The molecule has 14 heavy (non-hydrogen) atoms. The van der Waals surface area contributed by atoms with Crippen molar-refractivity contribution in [2.45, 2.75) is 19.5 Å². The van der Waals surface area contributed by atoms with Crippen LogP contribution in [-0.2, 0) is 0 Å². The molecule has 1 aromatic carbocycles. The van der Waals surface area contributed by atoms with E-state index >= 15 is 0 Å². The predicted octanol–water partition coefficient (Wildman–Crippen LogP) is 3.75. The van der Waals surface area contributed by atoms with E-state index in [0.29, 0.717) is 16.6 Å². The van der Waals surface area contributed by atoms with Crippen LogP contribution in [0.1, 0.15) is 13.3 Å². The van der Waals surface area contributed by atoms with Gasteiger partial charge in [-0.15, -0.1) is 0 Å². The zero-order valence-corrected chi connectivity index (χ0v) is 9.44. The molecule has 0 bridgehead atoms. The normalized spacial score (nSPS) is 12.6. The number of rotatable bonds is 4. The third-order valence-corrected chi connectivity index (χ3v) is 2.53. The van der Waals surface area contributed by atoms with Crippen LogP contribution in [0.2, 0.25) is 0 Å². The molecule has 0 aliphatic carbocycles. The lowest BCUT2D eigenvalue weighted by atomic mass is 10.2. The Bertz CT molecular complexity index is 304. The molecule has 0 spiro atoms. The average molecular weight is 264 g/mol. The van der Waals surface area contributed by atoms with E-state index in [1.807, 2.05) is 0 Å². The van der Waals surface area contributed by atoms with Gasteiger partial charge in [-0.05, 0) is 40.5 Å². The van der Waals surface area contributed by atoms with Gasteiger partial charge in [-0.1, -0.05) is 6.92 Å². The summed E-state index contributed by atoms with van der Waals surface area (Å²) in [7, 11) is 0. The third-order valence-electron chi connectivity index (χ3n) is 1.89. The van der Waals surface area contributed by atoms with E-state index in [1.165, 1.54) is 6.07 Å². The second-order valence-corrected chi connectivity index (χ2v) is 3.87. The molecule has 1 unspecified atom stereocenters. The maximum atomic E-state index is 13.0. The lowest BCUT2D eigenvalue weighted by molar-refractivity contribution is 0.340. The molecule has 1 nitrogen and oxygen atoms in total. The minimum absolute atomic E-state index is 0.220. The number of hydrogen-bond donors (Lipinski definition) is 1. The summed E-state index contributed by atoms with van der Waals surface area (Å²) in [5, 5.41) is 2.83. The van der Waals surface area contributed by atoms with Gasteiger partial charge in [0.2, 0.25) is 0 Å². The van der Waals surface area contributed by atoms with Gasteiger partial charge in [-0.3, -0.25) is 0 Å². The Morgan fingerprint density at radius 3 is 2.79 bits per heavy atom. The first-order valence-corrected chi connectivity index (χ1v) is 5.25. The highest BCUT2D eigenvalue weighted by Gasteiger charge is 2.04. The average Bonchev–Trinajstić information content (AvgIpc) is 2.19. The van der Waals surface area contributed by atoms with Gasteiger partial charge in [0.15, 0.2) is 0 Å². The van der Waals surface area contributed by atoms with Crippen molar-refractivity contribution in [3.05, 3.63) is 28.5 Å². The molecule has 0 aromatic heterocycles. The van der Waals surface area contributed by atoms with E-state index in [4.69, 9.17) is 0 Å². The van der Waals surface area contributed by atoms with Crippen molar-refractivity contribution in [1.82, 2.24) is 0 Å². The largest absolute Gasteiger partial charge is 0.382 e. The number of benzene rings is 1. The highest BCUT2D eigenvalue weighted by Crippen LogP contribution is 2.19. The molecule has 1 rings (SSSR count). The Morgan fingerprint density at radius 1 is 1.50 bits per heavy atom. The van der Waals surface area contributed by atoms with Crippen molar-refractivity contribution in [3.63, 3.8) is 0 Å². The monoisotopic (exact) mass is 263 g/mol. The Morgan fingerprint density at radius 2 is 2.21 bits per heavy atom. The summed E-state index contributed by atoms with van der Waals surface area (Å²) >= 11 is 3.05. The van der Waals surface area contributed by atoms with E-state index in [1.54, 1.807) is 19.1 Å². The molecule has 1 aromatic rings. The van der Waals surface area contributed by atoms with Crippen LogP contribution in [0.4, 0.5) is 14.5 Å². The van der Waals surface area contributed by atoms with E-state index < -0.39 is 6.17 Å². The number of hydrogen-bond acceptors (Lipinski definition) is 1. The molecule has 1 atom stereocenters. The van der Waals surface area contributed by atoms with Crippen molar-refractivity contribution in [3.8, 4) is 0 Å². The van der Waals surface area contributed by atoms with Crippen LogP contribution >= 0.6 is 15.9 Å². The molecular formula is C10H12BrF2N. The zero-order chi connectivity index (χ0) is 10.6. The fraction of sp³-hybridized carbons (Fsp3) is 0.400. The van der Waals surface area contributed by atoms with Crippen LogP contribution in [0.25, 0.3) is 0 Å². The van der Waals surface area contributed by atoms with Crippen molar-refractivity contribution in [2.75, 3.05) is 11.9 Å². The van der Waals surface area contributed by atoms with Gasteiger partial charge in [-0.25, -0.2) is 8.78 Å². The molecule has 0 fully saturated rings. The van der Waals surface area contributed by atoms with E-state index in [0.717, 1.165) is 0 Å². The topological polar surface area (TPSA) is 12.0 Å². The number of anilines is 1. The minimum atomic E-state index is -0.887. The summed E-state index contributed by atoms with van der Waals surface area (Å²) in [5.74, 6) is -0.345. The maximum Gasteiger partial charge on any atom is 0.139 e. The second kappa shape index (κ2) is 5.29. The summed E-state index contributed by atoms with van der Waals surface area (Å²) < 4.78 is 26.2. The van der Waals surface area contributed by atoms with Crippen molar-refractivity contribution in [1.29, 1.82) is 0 Å². The molecule has 0 aliphatic heterocycles. The molecule has 0 heterocycles. The van der Waals surface area contributed by atoms with Crippen LogP contribution in [0.3, 0.4) is 0 Å². The fourth-order valence-electron chi connectivity index (χ4n) is 0.979. The predicted molar refractivity (Wildman–Crippen MR) is 57.8 cm³/mol. The number of halogens is 3. The summed E-state index contributed by atoms with van der Waals surface area (Å²) in [4.78, 5) is 0. The molecule has 78 valence electrons. The van der Waals surface area contributed by atoms with Crippen LogP contribution < -0.4 is 5.32 Å². The van der Waals surface area contributed by atoms with Gasteiger partial charge in [-0.2, -0.15) is 0 Å². The summed E-state index contributed by atoms with van der Waals surface area (Å²) in [6, 6.07) is 4.64. The Kier molecular flexibility index (Phi) is 4.32. The molecule has 4 heteroatoms. The van der Waals surface area contributed by atoms with Gasteiger partial charge >= 0.3 is 0 Å². The third kappa shape index (κ3) is 3.25. The van der Waals surface area contributed by atoms with Crippen LogP contribution in [-0.4, -0.2) is 12.7 Å². The lowest BCUT2D eigenvalue weighted by Gasteiger charge is -2.09. The highest BCUT2D eigenvalue weighted by molar-refractivity contribution is 9.10. The fourth-order valence-corrected chi connectivity index (χ4v) is 1.23. The van der Waals surface area contributed by atoms with E-state index in [9.17, 15) is 8.78 Å². The Labute approximate surface area is 90.6 Å². The highest BCUT2D eigenvalue weighted by atomic mass is 79.9. The molecule has 0 amide bonds. The van der Waals surface area contributed by atoms with Gasteiger partial charge < -0.3 is 5.32 Å². The smallest absolute Gasteiger partial charge is 0.139 e. The van der Waals surface area contributed by atoms with Crippen molar-refractivity contribution in [2.24, 2.45) is 0 Å². The van der Waals surface area contributed by atoms with Gasteiger partial charge in [0.05, 0.1) is 4.47 Å². The molecular weight excluding hydrogens is 252 g/mol. The van der Waals surface area contributed by atoms with Crippen molar-refractivity contribution >= 4 is 21.6 Å². The van der Waals surface area contributed by atoms with Crippen LogP contribution in [0.5, 0.6) is 0 Å². The van der Waals surface area contributed by atoms with Crippen LogP contribution in [0.15, 0.2) is 22.7 Å². The molecule has 0 saturated carbocycles. The molecule has 0 aliphatic rings. The minimum Gasteiger partial charge on any atom is -0.382 e. The summed E-state index contributed by atoms with van der Waals surface area (Å²) in [5.41, 5.74) is 0.599. The lowest BCUT2D eigenvalue weighted by Crippen LogP contribution is -2.13. The van der Waals surface area contributed by atoms with Gasteiger partial charge in [0.1, 0.15) is 12.0 Å². The first-order valence-electron chi connectivity index (χ1n) is 4.46. The first kappa shape index (κ1) is 11.4. The van der Waals surface area contributed by atoms with Gasteiger partial charge in [0.25, 0.3) is 0 Å². The number of alkyl halides is 1. The van der Waals surface area contributed by atoms with Crippen LogP contribution in [0, 0.1) is 5.82 Å². The summed E-state index contributed by atoms with van der Waals surface area (Å²) in [6.45, 7) is 1.99. The zero-order valence-electron chi connectivity index (χ0n) is 7.86. The van der Waals surface area contributed by atoms with E-state index in [2.05, 4.69) is 21.2 Å². The van der Waals surface area contributed by atoms with E-state index in [-0.39, 0.29) is 12.4 Å². The van der Waals surface area contributed by atoms with Crippen molar-refractivity contribution < 1.29 is 8.78 Å². The van der Waals surface area contributed by atoms with Gasteiger partial charge in [0, 0.05) is 12.2 Å². The molecule has 1 N–H and O–H groups in total. The number of nitrogens with one attached hydrogen (secondary N) is 1. The Hall–Kier alpha value is -0.640. The Balaban J connectivity index is 2.55. The quantitative estimate of drug-likeness (QED) is 0.873. The first-order chi connectivity index (χ1) is 6.63. The second-order valence-electron chi connectivity index (χ2n) is 3.02. The maximum absolute atomic E-state index is 13.0. The molecule has 0 radical (unpaired) electrons. The SMILES string of the molecule is CCC(F)CNc1ccc(Br)c(F)c1. The summed E-state index contributed by atoms with van der Waals surface area (Å²) in [6.07, 6.45) is -0.423.